The van der Waals surface area contributed by atoms with Crippen LogP contribution in [0.5, 0.6) is 0 Å². The van der Waals surface area contributed by atoms with Crippen molar-refractivity contribution in [3.05, 3.63) is 71.8 Å². The van der Waals surface area contributed by atoms with E-state index in [1.807, 2.05) is 60.7 Å². The maximum Gasteiger partial charge on any atom is 0.134 e. The minimum absolute atomic E-state index is 0.0763. The summed E-state index contributed by atoms with van der Waals surface area (Å²) in [7, 11) is 0. The van der Waals surface area contributed by atoms with Crippen molar-refractivity contribution < 1.29 is 9.84 Å². The van der Waals surface area contributed by atoms with Crippen LogP contribution >= 0.6 is 0 Å². The van der Waals surface area contributed by atoms with E-state index in [9.17, 15) is 5.11 Å². The van der Waals surface area contributed by atoms with E-state index in [1.54, 1.807) is 0 Å². The number of hydrogen-bond acceptors (Lipinski definition) is 3. The van der Waals surface area contributed by atoms with Crippen LogP contribution in [0.2, 0.25) is 0 Å². The second kappa shape index (κ2) is 5.53. The van der Waals surface area contributed by atoms with E-state index in [-0.39, 0.29) is 12.3 Å². The van der Waals surface area contributed by atoms with E-state index < -0.39 is 6.10 Å². The van der Waals surface area contributed by atoms with Gasteiger partial charge in [-0.3, -0.25) is 5.32 Å². The van der Waals surface area contributed by atoms with Gasteiger partial charge in [0.25, 0.3) is 0 Å². The van der Waals surface area contributed by atoms with Gasteiger partial charge >= 0.3 is 0 Å². The predicted molar refractivity (Wildman–Crippen MR) is 73.5 cm³/mol. The Bertz CT molecular complexity index is 515. The van der Waals surface area contributed by atoms with Gasteiger partial charge in [-0.2, -0.15) is 0 Å². The Kier molecular flexibility index (Phi) is 3.60. The molecular weight excluding hydrogens is 238 g/mol. The Labute approximate surface area is 112 Å². The predicted octanol–water partition coefficient (Wildman–Crippen LogP) is 2.41. The normalized spacial score (nSPS) is 24.3. The summed E-state index contributed by atoms with van der Waals surface area (Å²) in [5, 5.41) is 13.7. The first-order chi connectivity index (χ1) is 9.34. The molecule has 0 aliphatic carbocycles. The van der Waals surface area contributed by atoms with Crippen molar-refractivity contribution in [3.8, 4) is 0 Å². The minimum Gasteiger partial charge on any atom is -0.387 e. The third kappa shape index (κ3) is 2.68. The Morgan fingerprint density at radius 3 is 2.32 bits per heavy atom. The van der Waals surface area contributed by atoms with Gasteiger partial charge in [0, 0.05) is 0 Å². The molecular formula is C16H17NO2. The van der Waals surface area contributed by atoms with E-state index >= 15 is 0 Å². The molecule has 1 heterocycles. The van der Waals surface area contributed by atoms with Crippen molar-refractivity contribution in [3.63, 3.8) is 0 Å². The summed E-state index contributed by atoms with van der Waals surface area (Å²) in [5.41, 5.74) is 2.00. The molecule has 3 atom stereocenters. The van der Waals surface area contributed by atoms with Gasteiger partial charge in [0.05, 0.1) is 18.8 Å². The Morgan fingerprint density at radius 1 is 1.00 bits per heavy atom. The lowest BCUT2D eigenvalue weighted by Crippen LogP contribution is -2.32. The maximum absolute atomic E-state index is 10.3. The van der Waals surface area contributed by atoms with Crippen molar-refractivity contribution in [2.24, 2.45) is 0 Å². The van der Waals surface area contributed by atoms with Crippen LogP contribution in [0, 0.1) is 0 Å². The van der Waals surface area contributed by atoms with Crippen LogP contribution < -0.4 is 5.32 Å². The molecule has 1 saturated heterocycles. The van der Waals surface area contributed by atoms with Crippen LogP contribution in [0.1, 0.15) is 23.5 Å². The first kappa shape index (κ1) is 12.4. The van der Waals surface area contributed by atoms with Gasteiger partial charge in [-0.15, -0.1) is 0 Å². The van der Waals surface area contributed by atoms with Crippen molar-refractivity contribution in [2.45, 2.75) is 18.4 Å². The van der Waals surface area contributed by atoms with Crippen LogP contribution in [0.15, 0.2) is 60.7 Å². The smallest absolute Gasteiger partial charge is 0.134 e. The van der Waals surface area contributed by atoms with Gasteiger partial charge in [0.15, 0.2) is 0 Å². The zero-order valence-corrected chi connectivity index (χ0v) is 10.6. The SMILES string of the molecule is OC(c1ccccc1)[C@@H]1CO[C@H](c2ccccc2)N1. The molecule has 1 unspecified atom stereocenters. The minimum atomic E-state index is -0.546. The molecule has 1 fully saturated rings. The first-order valence-corrected chi connectivity index (χ1v) is 6.50. The van der Waals surface area contributed by atoms with Gasteiger partial charge in [0.2, 0.25) is 0 Å². The molecule has 0 spiro atoms. The average Bonchev–Trinajstić information content (AvgIpc) is 2.98. The zero-order chi connectivity index (χ0) is 13.1. The zero-order valence-electron chi connectivity index (χ0n) is 10.6. The molecule has 0 bridgehead atoms. The van der Waals surface area contributed by atoms with Crippen molar-refractivity contribution >= 4 is 0 Å². The standard InChI is InChI=1S/C16H17NO2/c18-15(12-7-3-1-4-8-12)14-11-19-16(17-14)13-9-5-2-6-10-13/h1-10,14-18H,11H2/t14-,15?,16+/m0/s1. The summed E-state index contributed by atoms with van der Waals surface area (Å²) in [5.74, 6) is 0. The monoisotopic (exact) mass is 255 g/mol. The highest BCUT2D eigenvalue weighted by atomic mass is 16.5. The molecule has 1 aliphatic rings. The van der Waals surface area contributed by atoms with Crippen LogP contribution in [0.3, 0.4) is 0 Å². The quantitative estimate of drug-likeness (QED) is 0.885. The molecule has 1 aliphatic heterocycles. The van der Waals surface area contributed by atoms with Gasteiger partial charge in [-0.25, -0.2) is 0 Å². The molecule has 98 valence electrons. The van der Waals surface area contributed by atoms with Gasteiger partial charge in [-0.05, 0) is 11.1 Å². The lowest BCUT2D eigenvalue weighted by atomic mass is 10.0. The van der Waals surface area contributed by atoms with E-state index in [4.69, 9.17) is 4.74 Å². The summed E-state index contributed by atoms with van der Waals surface area (Å²) in [6.07, 6.45) is -0.681. The van der Waals surface area contributed by atoms with Crippen molar-refractivity contribution in [1.82, 2.24) is 5.32 Å². The van der Waals surface area contributed by atoms with E-state index in [0.717, 1.165) is 11.1 Å². The van der Waals surface area contributed by atoms with Gasteiger partial charge < -0.3 is 9.84 Å². The lowest BCUT2D eigenvalue weighted by molar-refractivity contribution is 0.0921. The number of aliphatic hydroxyl groups is 1. The molecule has 3 nitrogen and oxygen atoms in total. The Morgan fingerprint density at radius 2 is 1.63 bits per heavy atom. The Balaban J connectivity index is 1.69. The van der Waals surface area contributed by atoms with Crippen LogP contribution in [-0.4, -0.2) is 17.8 Å². The van der Waals surface area contributed by atoms with Gasteiger partial charge in [-0.1, -0.05) is 60.7 Å². The van der Waals surface area contributed by atoms with Crippen LogP contribution in [0.4, 0.5) is 0 Å². The number of aliphatic hydroxyl groups excluding tert-OH is 1. The lowest BCUT2D eigenvalue weighted by Gasteiger charge is -2.18. The number of rotatable bonds is 3. The molecule has 2 aromatic carbocycles. The van der Waals surface area contributed by atoms with E-state index in [0.29, 0.717) is 6.61 Å². The third-order valence-electron chi connectivity index (χ3n) is 3.43. The summed E-state index contributed by atoms with van der Waals surface area (Å²) < 4.78 is 5.72. The fraction of sp³-hybridized carbons (Fsp3) is 0.250. The molecule has 0 saturated carbocycles. The molecule has 2 aromatic rings. The average molecular weight is 255 g/mol. The first-order valence-electron chi connectivity index (χ1n) is 6.50. The topological polar surface area (TPSA) is 41.5 Å². The van der Waals surface area contributed by atoms with Crippen LogP contribution in [-0.2, 0) is 4.74 Å². The van der Waals surface area contributed by atoms with Crippen molar-refractivity contribution in [1.29, 1.82) is 0 Å². The second-order valence-electron chi connectivity index (χ2n) is 4.75. The molecule has 0 aromatic heterocycles. The molecule has 0 amide bonds. The molecule has 3 heteroatoms. The molecule has 0 radical (unpaired) electrons. The second-order valence-corrected chi connectivity index (χ2v) is 4.75. The molecule has 2 N–H and O–H groups in total. The highest BCUT2D eigenvalue weighted by molar-refractivity contribution is 5.21. The third-order valence-corrected chi connectivity index (χ3v) is 3.43. The Hall–Kier alpha value is -1.68. The molecule has 19 heavy (non-hydrogen) atoms. The fourth-order valence-corrected chi connectivity index (χ4v) is 2.38. The summed E-state index contributed by atoms with van der Waals surface area (Å²) in [6, 6.07) is 19.6. The molecule has 3 rings (SSSR count). The fourth-order valence-electron chi connectivity index (χ4n) is 2.38. The van der Waals surface area contributed by atoms with E-state index in [1.165, 1.54) is 0 Å². The summed E-state index contributed by atoms with van der Waals surface area (Å²) in [6.45, 7) is 0.510. The highest BCUT2D eigenvalue weighted by Gasteiger charge is 2.31. The van der Waals surface area contributed by atoms with Gasteiger partial charge in [0.1, 0.15) is 6.23 Å². The largest absolute Gasteiger partial charge is 0.387 e. The number of nitrogens with one attached hydrogen (secondary N) is 1. The van der Waals surface area contributed by atoms with Crippen LogP contribution in [0.25, 0.3) is 0 Å². The summed E-state index contributed by atoms with van der Waals surface area (Å²) >= 11 is 0. The summed E-state index contributed by atoms with van der Waals surface area (Å²) in [4.78, 5) is 0. The maximum atomic E-state index is 10.3. The van der Waals surface area contributed by atoms with Crippen molar-refractivity contribution in [2.75, 3.05) is 6.61 Å². The number of hydrogen-bond donors (Lipinski definition) is 2. The number of ether oxygens (including phenoxy) is 1. The number of benzene rings is 2. The van der Waals surface area contributed by atoms with E-state index in [2.05, 4.69) is 5.32 Å². The highest BCUT2D eigenvalue weighted by Crippen LogP contribution is 2.26.